The van der Waals surface area contributed by atoms with Crippen molar-refractivity contribution in [1.29, 1.82) is 5.26 Å². The van der Waals surface area contributed by atoms with E-state index in [1.165, 1.54) is 0 Å². The second-order valence-corrected chi connectivity index (χ2v) is 3.10. The first kappa shape index (κ1) is 10.5. The number of aliphatic hydroxyl groups is 1. The molecule has 0 unspecified atom stereocenters. The van der Waals surface area contributed by atoms with Crippen LogP contribution in [0.2, 0.25) is 0 Å². The maximum Gasteiger partial charge on any atom is 0.140 e. The predicted octanol–water partition coefficient (Wildman–Crippen LogP) is 1.14. The first-order valence-corrected chi connectivity index (χ1v) is 4.50. The number of nitrogens with one attached hydrogen (secondary N) is 1. The van der Waals surface area contributed by atoms with E-state index >= 15 is 0 Å². The van der Waals surface area contributed by atoms with Gasteiger partial charge in [-0.05, 0) is 25.5 Å². The van der Waals surface area contributed by atoms with E-state index in [2.05, 4.69) is 10.3 Å². The lowest BCUT2D eigenvalue weighted by atomic mass is 10.2. The van der Waals surface area contributed by atoms with Crippen molar-refractivity contribution in [2.45, 2.75) is 19.4 Å². The van der Waals surface area contributed by atoms with Crippen LogP contribution in [0, 0.1) is 11.3 Å². The average molecular weight is 191 g/mol. The molecule has 2 N–H and O–H groups in total. The number of nitriles is 1. The highest BCUT2D eigenvalue weighted by molar-refractivity contribution is 5.43. The molecule has 1 aromatic rings. The average Bonchev–Trinajstić information content (AvgIpc) is 2.19. The van der Waals surface area contributed by atoms with E-state index in [4.69, 9.17) is 10.4 Å². The molecular formula is C10H13N3O. The van der Waals surface area contributed by atoms with Crippen LogP contribution >= 0.6 is 0 Å². The van der Waals surface area contributed by atoms with Gasteiger partial charge >= 0.3 is 0 Å². The zero-order chi connectivity index (χ0) is 10.4. The van der Waals surface area contributed by atoms with Crippen LogP contribution in [0.15, 0.2) is 18.3 Å². The Labute approximate surface area is 83.2 Å². The number of anilines is 1. The second-order valence-electron chi connectivity index (χ2n) is 3.10. The minimum Gasteiger partial charge on any atom is -0.396 e. The van der Waals surface area contributed by atoms with Crippen molar-refractivity contribution in [2.24, 2.45) is 0 Å². The Balaban J connectivity index is 2.56. The number of nitrogens with zero attached hydrogens (tertiary/aromatic N) is 2. The highest BCUT2D eigenvalue weighted by atomic mass is 16.3. The minimum atomic E-state index is 0.165. The summed E-state index contributed by atoms with van der Waals surface area (Å²) in [6.07, 6.45) is 2.31. The number of hydrogen-bond acceptors (Lipinski definition) is 4. The van der Waals surface area contributed by atoms with E-state index in [1.807, 2.05) is 13.0 Å². The van der Waals surface area contributed by atoms with Gasteiger partial charge in [-0.3, -0.25) is 0 Å². The SMILES string of the molecule is C[C@@H](CCO)Nc1ccc(C#N)nc1. The molecule has 0 amide bonds. The van der Waals surface area contributed by atoms with Crippen LogP contribution < -0.4 is 5.32 Å². The van der Waals surface area contributed by atoms with E-state index in [9.17, 15) is 0 Å². The second kappa shape index (κ2) is 5.20. The summed E-state index contributed by atoms with van der Waals surface area (Å²) in [4.78, 5) is 3.92. The first-order chi connectivity index (χ1) is 6.76. The fourth-order valence-electron chi connectivity index (χ4n) is 1.10. The van der Waals surface area contributed by atoms with Crippen LogP contribution in [0.1, 0.15) is 19.0 Å². The Morgan fingerprint density at radius 3 is 2.93 bits per heavy atom. The minimum absolute atomic E-state index is 0.165. The fraction of sp³-hybridized carbons (Fsp3) is 0.400. The van der Waals surface area contributed by atoms with Gasteiger partial charge in [0.05, 0.1) is 11.9 Å². The van der Waals surface area contributed by atoms with E-state index in [1.54, 1.807) is 18.3 Å². The number of rotatable bonds is 4. The normalized spacial score (nSPS) is 11.8. The fourth-order valence-corrected chi connectivity index (χ4v) is 1.10. The topological polar surface area (TPSA) is 68.9 Å². The van der Waals surface area contributed by atoms with E-state index < -0.39 is 0 Å². The van der Waals surface area contributed by atoms with Gasteiger partial charge in [0, 0.05) is 12.6 Å². The van der Waals surface area contributed by atoms with Crippen molar-refractivity contribution in [3.8, 4) is 6.07 Å². The molecule has 0 spiro atoms. The Kier molecular flexibility index (Phi) is 3.89. The van der Waals surface area contributed by atoms with Crippen molar-refractivity contribution in [1.82, 2.24) is 4.98 Å². The van der Waals surface area contributed by atoms with E-state index in [0.29, 0.717) is 12.1 Å². The van der Waals surface area contributed by atoms with Crippen molar-refractivity contribution >= 4 is 5.69 Å². The van der Waals surface area contributed by atoms with Gasteiger partial charge in [0.1, 0.15) is 11.8 Å². The molecule has 0 radical (unpaired) electrons. The smallest absolute Gasteiger partial charge is 0.140 e. The third-order valence-corrected chi connectivity index (χ3v) is 1.85. The lowest BCUT2D eigenvalue weighted by molar-refractivity contribution is 0.282. The maximum absolute atomic E-state index is 8.70. The highest BCUT2D eigenvalue weighted by Gasteiger charge is 2.00. The Morgan fingerprint density at radius 2 is 2.43 bits per heavy atom. The molecule has 0 bridgehead atoms. The molecule has 0 aliphatic rings. The Bertz CT molecular complexity index is 315. The molecule has 0 saturated carbocycles. The molecule has 1 rings (SSSR count). The molecule has 1 heterocycles. The monoisotopic (exact) mass is 191 g/mol. The molecule has 0 fully saturated rings. The van der Waals surface area contributed by atoms with Crippen LogP contribution in [0.4, 0.5) is 5.69 Å². The molecule has 1 aromatic heterocycles. The zero-order valence-corrected chi connectivity index (χ0v) is 8.07. The molecule has 4 nitrogen and oxygen atoms in total. The van der Waals surface area contributed by atoms with Gasteiger partial charge < -0.3 is 10.4 Å². The molecule has 1 atom stereocenters. The van der Waals surface area contributed by atoms with Crippen LogP contribution in [0.3, 0.4) is 0 Å². The molecule has 74 valence electrons. The van der Waals surface area contributed by atoms with Gasteiger partial charge in [0.2, 0.25) is 0 Å². The molecule has 4 heteroatoms. The van der Waals surface area contributed by atoms with Crippen molar-refractivity contribution in [3.05, 3.63) is 24.0 Å². The quantitative estimate of drug-likeness (QED) is 0.748. The highest BCUT2D eigenvalue weighted by Crippen LogP contribution is 2.08. The van der Waals surface area contributed by atoms with Crippen LogP contribution in [0.5, 0.6) is 0 Å². The molecule has 0 aliphatic carbocycles. The van der Waals surface area contributed by atoms with Gasteiger partial charge in [-0.2, -0.15) is 5.26 Å². The predicted molar refractivity (Wildman–Crippen MR) is 53.7 cm³/mol. The Hall–Kier alpha value is -1.60. The lowest BCUT2D eigenvalue weighted by Crippen LogP contribution is -2.16. The van der Waals surface area contributed by atoms with E-state index in [-0.39, 0.29) is 12.6 Å². The first-order valence-electron chi connectivity index (χ1n) is 4.50. The third-order valence-electron chi connectivity index (χ3n) is 1.85. The van der Waals surface area contributed by atoms with Crippen molar-refractivity contribution < 1.29 is 5.11 Å². The standard InChI is InChI=1S/C10H13N3O/c1-8(4-5-14)13-10-3-2-9(6-11)12-7-10/h2-3,7-8,13-14H,4-5H2,1H3/t8-/m0/s1. The summed E-state index contributed by atoms with van der Waals surface area (Å²) in [7, 11) is 0. The van der Waals surface area contributed by atoms with Gasteiger partial charge in [-0.1, -0.05) is 0 Å². The molecule has 0 aliphatic heterocycles. The molecule has 14 heavy (non-hydrogen) atoms. The summed E-state index contributed by atoms with van der Waals surface area (Å²) in [6, 6.07) is 5.62. The van der Waals surface area contributed by atoms with Crippen molar-refractivity contribution in [3.63, 3.8) is 0 Å². The number of pyridine rings is 1. The van der Waals surface area contributed by atoms with Gasteiger partial charge in [0.15, 0.2) is 0 Å². The lowest BCUT2D eigenvalue weighted by Gasteiger charge is -2.12. The van der Waals surface area contributed by atoms with Gasteiger partial charge in [-0.15, -0.1) is 0 Å². The van der Waals surface area contributed by atoms with Crippen LogP contribution in [0.25, 0.3) is 0 Å². The summed E-state index contributed by atoms with van der Waals surface area (Å²) in [5.41, 5.74) is 1.27. The van der Waals surface area contributed by atoms with Crippen LogP contribution in [-0.4, -0.2) is 22.7 Å². The third kappa shape index (κ3) is 3.04. The van der Waals surface area contributed by atoms with Gasteiger partial charge in [0.25, 0.3) is 0 Å². The van der Waals surface area contributed by atoms with Crippen molar-refractivity contribution in [2.75, 3.05) is 11.9 Å². The number of aliphatic hydroxyl groups excluding tert-OH is 1. The summed E-state index contributed by atoms with van der Waals surface area (Å²) in [6.45, 7) is 2.15. The van der Waals surface area contributed by atoms with Gasteiger partial charge in [-0.25, -0.2) is 4.98 Å². The maximum atomic E-state index is 8.70. The summed E-state index contributed by atoms with van der Waals surface area (Å²) >= 11 is 0. The largest absolute Gasteiger partial charge is 0.396 e. The molecular weight excluding hydrogens is 178 g/mol. The summed E-state index contributed by atoms with van der Waals surface area (Å²) in [5, 5.41) is 20.4. The molecule has 0 saturated heterocycles. The summed E-state index contributed by atoms with van der Waals surface area (Å²) in [5.74, 6) is 0. The molecule has 0 aromatic carbocycles. The zero-order valence-electron chi connectivity index (χ0n) is 8.07. The Morgan fingerprint density at radius 1 is 1.64 bits per heavy atom. The van der Waals surface area contributed by atoms with Crippen LogP contribution in [-0.2, 0) is 0 Å². The number of aromatic nitrogens is 1. The summed E-state index contributed by atoms with van der Waals surface area (Å²) < 4.78 is 0. The number of hydrogen-bond donors (Lipinski definition) is 2. The van der Waals surface area contributed by atoms with E-state index in [0.717, 1.165) is 5.69 Å².